The molecule has 2 heterocycles. The Labute approximate surface area is 292 Å². The predicted molar refractivity (Wildman–Crippen MR) is 167 cm³/mol. The summed E-state index contributed by atoms with van der Waals surface area (Å²) in [5.74, 6) is 1.23. The molecular formula is C33H34KN4O5. The van der Waals surface area contributed by atoms with Crippen LogP contribution in [0.2, 0.25) is 0 Å². The molecule has 0 amide bonds. The molecular weight excluding hydrogens is 571 g/mol. The van der Waals surface area contributed by atoms with Gasteiger partial charge in [-0.15, -0.1) is 0 Å². The second-order valence-electron chi connectivity index (χ2n) is 10.3. The number of H-pyrrole nitrogens is 1. The smallest absolute Gasteiger partial charge is 0.439 e. The van der Waals surface area contributed by atoms with Gasteiger partial charge in [0.1, 0.15) is 11.6 Å². The number of aromatic nitrogens is 4. The molecule has 0 saturated heterocycles. The number of benzene rings is 3. The zero-order valence-electron chi connectivity index (χ0n) is 25.2. The molecule has 0 aliphatic heterocycles. The van der Waals surface area contributed by atoms with Gasteiger partial charge in [-0.1, -0.05) is 72.7 Å². The summed E-state index contributed by atoms with van der Waals surface area (Å²) in [6.45, 7) is 6.63. The number of nitrogens with one attached hydrogen (secondary N) is 1. The maximum Gasteiger partial charge on any atom is 0.439 e. The van der Waals surface area contributed by atoms with E-state index in [0.29, 0.717) is 30.0 Å². The van der Waals surface area contributed by atoms with E-state index < -0.39 is 5.76 Å². The van der Waals surface area contributed by atoms with Gasteiger partial charge in [-0.2, -0.15) is 0 Å². The molecule has 0 aliphatic rings. The van der Waals surface area contributed by atoms with E-state index in [1.807, 2.05) is 86.6 Å². The average Bonchev–Trinajstić information content (AvgIpc) is 3.42. The van der Waals surface area contributed by atoms with Crippen LogP contribution in [-0.2, 0) is 24.3 Å². The second kappa shape index (κ2) is 15.0. The molecule has 0 atom stereocenters. The molecule has 0 unspecified atom stereocenters. The largest absolute Gasteiger partial charge is 0.491 e. The Kier molecular flexibility index (Phi) is 11.5. The van der Waals surface area contributed by atoms with E-state index in [1.54, 1.807) is 11.7 Å². The summed E-state index contributed by atoms with van der Waals surface area (Å²) in [5, 5.41) is 3.85. The molecule has 5 aromatic rings. The van der Waals surface area contributed by atoms with Crippen molar-refractivity contribution in [3.8, 4) is 39.4 Å². The third-order valence-electron chi connectivity index (χ3n) is 6.82. The Morgan fingerprint density at radius 3 is 2.21 bits per heavy atom. The molecule has 0 fully saturated rings. The Bertz CT molecular complexity index is 1770. The first-order chi connectivity index (χ1) is 20.4. The topological polar surface area (TPSA) is 112 Å². The molecule has 0 spiro atoms. The van der Waals surface area contributed by atoms with E-state index in [0.717, 1.165) is 45.8 Å². The van der Waals surface area contributed by atoms with Gasteiger partial charge in [0, 0.05) is 70.5 Å². The number of aryl methyl sites for hydroxylation is 1. The van der Waals surface area contributed by atoms with Crippen LogP contribution in [0.15, 0.2) is 86.9 Å². The van der Waals surface area contributed by atoms with Crippen molar-refractivity contribution < 1.29 is 14.0 Å². The van der Waals surface area contributed by atoms with Crippen molar-refractivity contribution in [1.29, 1.82) is 0 Å². The Morgan fingerprint density at radius 1 is 0.930 bits per heavy atom. The van der Waals surface area contributed by atoms with Gasteiger partial charge in [0.05, 0.1) is 30.5 Å². The number of aromatic amines is 1. The van der Waals surface area contributed by atoms with E-state index >= 15 is 0 Å². The fourth-order valence-electron chi connectivity index (χ4n) is 4.99. The second-order valence-corrected chi connectivity index (χ2v) is 10.3. The average molecular weight is 606 g/mol. The van der Waals surface area contributed by atoms with Crippen molar-refractivity contribution in [2.24, 2.45) is 0 Å². The van der Waals surface area contributed by atoms with Crippen LogP contribution in [0.3, 0.4) is 0 Å². The van der Waals surface area contributed by atoms with Gasteiger partial charge in [0.2, 0.25) is 0 Å². The van der Waals surface area contributed by atoms with Crippen molar-refractivity contribution in [2.75, 3.05) is 7.11 Å². The van der Waals surface area contributed by atoms with Gasteiger partial charge in [-0.05, 0) is 54.7 Å². The summed E-state index contributed by atoms with van der Waals surface area (Å²) in [5.41, 5.74) is 5.36. The zero-order chi connectivity index (χ0) is 29.6. The Hall–Kier alpha value is -3.12. The number of nitrogens with zero attached hydrogens (tertiary/aromatic N) is 3. The molecule has 0 saturated carbocycles. The van der Waals surface area contributed by atoms with Crippen molar-refractivity contribution in [3.05, 3.63) is 111 Å². The minimum absolute atomic E-state index is 0. The van der Waals surface area contributed by atoms with Crippen LogP contribution in [0.1, 0.15) is 44.3 Å². The number of hydrogen-bond donors (Lipinski definition) is 1. The maximum absolute atomic E-state index is 14.1. The van der Waals surface area contributed by atoms with Crippen LogP contribution in [-0.4, -0.2) is 84.3 Å². The van der Waals surface area contributed by atoms with Gasteiger partial charge < -0.3 is 9.47 Å². The maximum atomic E-state index is 14.1. The van der Waals surface area contributed by atoms with Gasteiger partial charge in [-0.25, -0.2) is 9.78 Å². The first-order valence-electron chi connectivity index (χ1n) is 14.0. The minimum atomic E-state index is -0.604. The van der Waals surface area contributed by atoms with Crippen molar-refractivity contribution in [2.45, 2.75) is 52.9 Å². The first-order valence-corrected chi connectivity index (χ1v) is 14.0. The molecule has 9 nitrogen and oxygen atoms in total. The van der Waals surface area contributed by atoms with Crippen LogP contribution >= 0.6 is 0 Å². The van der Waals surface area contributed by atoms with E-state index in [-0.39, 0.29) is 69.7 Å². The molecule has 5 rings (SSSR count). The summed E-state index contributed by atoms with van der Waals surface area (Å²) in [6.07, 6.45) is 1.56. The molecule has 2 aromatic heterocycles. The van der Waals surface area contributed by atoms with Crippen LogP contribution in [0.4, 0.5) is 0 Å². The van der Waals surface area contributed by atoms with Gasteiger partial charge >= 0.3 is 5.76 Å². The van der Waals surface area contributed by atoms with Crippen LogP contribution in [0.25, 0.3) is 33.6 Å². The summed E-state index contributed by atoms with van der Waals surface area (Å²) in [7, 11) is 1.61. The van der Waals surface area contributed by atoms with E-state index in [4.69, 9.17) is 19.0 Å². The van der Waals surface area contributed by atoms with Crippen molar-refractivity contribution in [3.63, 3.8) is 0 Å². The first kappa shape index (κ1) is 32.8. The number of rotatable bonds is 11. The third kappa shape index (κ3) is 7.70. The van der Waals surface area contributed by atoms with Crippen molar-refractivity contribution >= 4 is 51.4 Å². The fraction of sp³-hybridized carbons (Fsp3) is 0.273. The molecule has 10 heteroatoms. The molecule has 1 radical (unpaired) electrons. The van der Waals surface area contributed by atoms with Gasteiger partial charge in [0.15, 0.2) is 5.82 Å². The van der Waals surface area contributed by atoms with Crippen LogP contribution in [0, 0.1) is 0 Å². The normalized spacial score (nSPS) is 11.0. The molecule has 0 bridgehead atoms. The zero-order valence-corrected chi connectivity index (χ0v) is 28.3. The van der Waals surface area contributed by atoms with Crippen LogP contribution < -0.4 is 16.1 Å². The summed E-state index contributed by atoms with van der Waals surface area (Å²) in [6, 6.07) is 23.2. The summed E-state index contributed by atoms with van der Waals surface area (Å²) >= 11 is 0. The molecule has 217 valence electrons. The molecule has 3 aromatic carbocycles. The third-order valence-corrected chi connectivity index (χ3v) is 6.82. The molecule has 0 aliphatic carbocycles. The number of methoxy groups -OCH3 is 1. The number of hydrogen-bond acceptors (Lipinski definition) is 7. The minimum Gasteiger partial charge on any atom is -0.491 e. The summed E-state index contributed by atoms with van der Waals surface area (Å²) < 4.78 is 17.7. The standard InChI is InChI=1S/C33H34N4O5.K/c1-5-8-29-34-28(20-40-4)30(24-15-17-25(18-16-24)41-21(2)3)32(38)37(29)19-22-11-13-23(14-12-22)26-9-6-7-10-27(26)31-35-33(39)42-36-31;/h6-7,9-18,21H,5,8,19-20H2,1-4H3,(H,35,36,39);. The van der Waals surface area contributed by atoms with Gasteiger partial charge in [0.25, 0.3) is 5.56 Å². The van der Waals surface area contributed by atoms with E-state index in [2.05, 4.69) is 17.1 Å². The summed E-state index contributed by atoms with van der Waals surface area (Å²) in [4.78, 5) is 33.2. The SMILES string of the molecule is CCCc1nc(COC)c(-c2ccc(OC(C)C)cc2)c(=O)n1Cc1ccc(-c2ccccc2-c2noc(=O)[nH]2)cc1.[K]. The fourth-order valence-corrected chi connectivity index (χ4v) is 4.99. The van der Waals surface area contributed by atoms with Gasteiger partial charge in [-0.3, -0.25) is 18.9 Å². The monoisotopic (exact) mass is 605 g/mol. The Balaban J connectivity index is 0.00000423. The predicted octanol–water partition coefficient (Wildman–Crippen LogP) is 5.47. The molecule has 1 N–H and O–H groups in total. The van der Waals surface area contributed by atoms with E-state index in [1.165, 1.54) is 0 Å². The Morgan fingerprint density at radius 2 is 1.60 bits per heavy atom. The van der Waals surface area contributed by atoms with E-state index in [9.17, 15) is 9.59 Å². The van der Waals surface area contributed by atoms with Crippen molar-refractivity contribution in [1.82, 2.24) is 19.7 Å². The molecule has 43 heavy (non-hydrogen) atoms. The number of ether oxygens (including phenoxy) is 2. The van der Waals surface area contributed by atoms with Crippen LogP contribution in [0.5, 0.6) is 5.75 Å². The quantitative estimate of drug-likeness (QED) is 0.199.